The number of carbonyl (C=O) groups is 1. The third kappa shape index (κ3) is 6.00. The standard InChI is InChI=1S/C24H25FN4O3S/c25-20-9-3-17(4-10-20)16-26-24(30)19-5-11-21(12-6-19)29-33(31,32)22-13-7-18(8-14-22)23-2-1-15-27-28-23/h1-4,7-10,13-15,19,21,29H,5-6,11-12,16H2,(H,26,30). The molecule has 172 valence electrons. The summed E-state index contributed by atoms with van der Waals surface area (Å²) in [5, 5.41) is 10.7. The van der Waals surface area contributed by atoms with Crippen molar-refractivity contribution in [3.8, 4) is 11.3 Å². The van der Waals surface area contributed by atoms with Crippen molar-refractivity contribution in [3.05, 3.63) is 78.2 Å². The summed E-state index contributed by atoms with van der Waals surface area (Å²) in [5.41, 5.74) is 2.29. The highest BCUT2D eigenvalue weighted by atomic mass is 32.2. The lowest BCUT2D eigenvalue weighted by Crippen LogP contribution is -2.40. The molecular weight excluding hydrogens is 443 g/mol. The molecule has 4 rings (SSSR count). The Morgan fingerprint density at radius 2 is 1.67 bits per heavy atom. The molecule has 1 aromatic heterocycles. The molecule has 7 nitrogen and oxygen atoms in total. The number of hydrogen-bond acceptors (Lipinski definition) is 5. The fourth-order valence-electron chi connectivity index (χ4n) is 3.96. The SMILES string of the molecule is O=C(NCc1ccc(F)cc1)C1CCC(NS(=O)(=O)c2ccc(-c3cccnn3)cc2)CC1. The summed E-state index contributed by atoms with van der Waals surface area (Å²) >= 11 is 0. The number of hydrogen-bond donors (Lipinski definition) is 2. The van der Waals surface area contributed by atoms with Crippen LogP contribution >= 0.6 is 0 Å². The molecule has 1 fully saturated rings. The van der Waals surface area contributed by atoms with Crippen LogP contribution in [0.2, 0.25) is 0 Å². The predicted molar refractivity (Wildman–Crippen MR) is 122 cm³/mol. The lowest BCUT2D eigenvalue weighted by Gasteiger charge is -2.28. The number of nitrogens with one attached hydrogen (secondary N) is 2. The molecule has 0 radical (unpaired) electrons. The Balaban J connectivity index is 1.28. The summed E-state index contributed by atoms with van der Waals surface area (Å²) in [7, 11) is -3.66. The number of amides is 1. The number of sulfonamides is 1. The Morgan fingerprint density at radius 1 is 0.970 bits per heavy atom. The summed E-state index contributed by atoms with van der Waals surface area (Å²) in [6.07, 6.45) is 3.97. The highest BCUT2D eigenvalue weighted by Gasteiger charge is 2.29. The van der Waals surface area contributed by atoms with E-state index in [2.05, 4.69) is 20.2 Å². The van der Waals surface area contributed by atoms with Crippen LogP contribution in [0.3, 0.4) is 0 Å². The van der Waals surface area contributed by atoms with Crippen molar-refractivity contribution >= 4 is 15.9 Å². The lowest BCUT2D eigenvalue weighted by molar-refractivity contribution is -0.126. The molecule has 1 aliphatic rings. The summed E-state index contributed by atoms with van der Waals surface area (Å²) in [4.78, 5) is 12.7. The molecule has 2 aromatic carbocycles. The molecule has 0 saturated heterocycles. The average molecular weight is 469 g/mol. The topological polar surface area (TPSA) is 101 Å². The van der Waals surface area contributed by atoms with Gasteiger partial charge in [0.25, 0.3) is 0 Å². The van der Waals surface area contributed by atoms with Crippen LogP contribution in [0, 0.1) is 11.7 Å². The van der Waals surface area contributed by atoms with E-state index in [1.54, 1.807) is 48.7 Å². The maximum atomic E-state index is 13.0. The van der Waals surface area contributed by atoms with E-state index >= 15 is 0 Å². The largest absolute Gasteiger partial charge is 0.352 e. The van der Waals surface area contributed by atoms with Crippen LogP contribution in [-0.4, -0.2) is 30.6 Å². The molecule has 2 N–H and O–H groups in total. The molecule has 0 atom stereocenters. The molecular formula is C24H25FN4O3S. The molecule has 1 aliphatic carbocycles. The second kappa shape index (κ2) is 10.2. The molecule has 0 aliphatic heterocycles. The molecule has 33 heavy (non-hydrogen) atoms. The molecule has 0 unspecified atom stereocenters. The van der Waals surface area contributed by atoms with Gasteiger partial charge in [-0.2, -0.15) is 10.2 Å². The fourth-order valence-corrected chi connectivity index (χ4v) is 5.26. The molecule has 0 bridgehead atoms. The minimum absolute atomic E-state index is 0.0553. The zero-order chi connectivity index (χ0) is 23.3. The second-order valence-electron chi connectivity index (χ2n) is 8.15. The number of benzene rings is 2. The summed E-state index contributed by atoms with van der Waals surface area (Å²) in [5.74, 6) is -0.523. The van der Waals surface area contributed by atoms with Gasteiger partial charge in [0.15, 0.2) is 0 Å². The molecule has 1 heterocycles. The first-order chi connectivity index (χ1) is 15.9. The van der Waals surface area contributed by atoms with Gasteiger partial charge in [-0.25, -0.2) is 17.5 Å². The smallest absolute Gasteiger partial charge is 0.240 e. The van der Waals surface area contributed by atoms with Gasteiger partial charge in [0.2, 0.25) is 15.9 Å². The van der Waals surface area contributed by atoms with Crippen LogP contribution in [0.25, 0.3) is 11.3 Å². The Labute approximate surface area is 192 Å². The second-order valence-corrected chi connectivity index (χ2v) is 9.86. The Kier molecular flexibility index (Phi) is 7.10. The molecule has 1 amide bonds. The van der Waals surface area contributed by atoms with Crippen molar-refractivity contribution in [1.82, 2.24) is 20.2 Å². The first-order valence-corrected chi connectivity index (χ1v) is 12.3. The van der Waals surface area contributed by atoms with Gasteiger partial charge in [-0.3, -0.25) is 4.79 Å². The van der Waals surface area contributed by atoms with Crippen LogP contribution in [0.1, 0.15) is 31.2 Å². The van der Waals surface area contributed by atoms with E-state index in [9.17, 15) is 17.6 Å². The van der Waals surface area contributed by atoms with E-state index < -0.39 is 10.0 Å². The van der Waals surface area contributed by atoms with Crippen LogP contribution < -0.4 is 10.0 Å². The number of halogens is 1. The normalized spacial score (nSPS) is 18.6. The Bertz CT molecular complexity index is 1180. The van der Waals surface area contributed by atoms with Gasteiger partial charge in [-0.05, 0) is 67.6 Å². The fraction of sp³-hybridized carbons (Fsp3) is 0.292. The van der Waals surface area contributed by atoms with Gasteiger partial charge in [0, 0.05) is 30.3 Å². The molecule has 9 heteroatoms. The molecule has 3 aromatic rings. The maximum absolute atomic E-state index is 13.0. The van der Waals surface area contributed by atoms with Crippen molar-refractivity contribution in [3.63, 3.8) is 0 Å². The van der Waals surface area contributed by atoms with Crippen molar-refractivity contribution in [2.24, 2.45) is 5.92 Å². The first-order valence-electron chi connectivity index (χ1n) is 10.8. The molecule has 1 saturated carbocycles. The average Bonchev–Trinajstić information content (AvgIpc) is 2.84. The monoisotopic (exact) mass is 468 g/mol. The van der Waals surface area contributed by atoms with Crippen molar-refractivity contribution in [1.29, 1.82) is 0 Å². The summed E-state index contributed by atoms with van der Waals surface area (Å²) in [6, 6.07) is 15.9. The zero-order valence-electron chi connectivity index (χ0n) is 17.9. The van der Waals surface area contributed by atoms with Gasteiger partial charge < -0.3 is 5.32 Å². The third-order valence-electron chi connectivity index (χ3n) is 5.83. The van der Waals surface area contributed by atoms with Crippen LogP contribution in [0.5, 0.6) is 0 Å². The summed E-state index contributed by atoms with van der Waals surface area (Å²) < 4.78 is 41.4. The predicted octanol–water partition coefficient (Wildman–Crippen LogP) is 3.44. The van der Waals surface area contributed by atoms with Crippen molar-refractivity contribution < 1.29 is 17.6 Å². The van der Waals surface area contributed by atoms with Crippen molar-refractivity contribution in [2.75, 3.05) is 0 Å². The maximum Gasteiger partial charge on any atom is 0.240 e. The van der Waals surface area contributed by atoms with E-state index in [0.717, 1.165) is 11.1 Å². The molecule has 0 spiro atoms. The van der Waals surface area contributed by atoms with E-state index in [1.807, 2.05) is 6.07 Å². The highest BCUT2D eigenvalue weighted by molar-refractivity contribution is 7.89. The lowest BCUT2D eigenvalue weighted by atomic mass is 9.86. The minimum atomic E-state index is -3.66. The Hall–Kier alpha value is -3.17. The quantitative estimate of drug-likeness (QED) is 0.553. The van der Waals surface area contributed by atoms with Gasteiger partial charge >= 0.3 is 0 Å². The van der Waals surface area contributed by atoms with Gasteiger partial charge in [0.05, 0.1) is 10.6 Å². The minimum Gasteiger partial charge on any atom is -0.352 e. The van der Waals surface area contributed by atoms with Crippen LogP contribution in [0.4, 0.5) is 4.39 Å². The number of aromatic nitrogens is 2. The van der Waals surface area contributed by atoms with Crippen LogP contribution in [-0.2, 0) is 21.4 Å². The van der Waals surface area contributed by atoms with E-state index in [4.69, 9.17) is 0 Å². The van der Waals surface area contributed by atoms with E-state index in [-0.39, 0.29) is 28.6 Å². The first kappa shape index (κ1) is 23.0. The summed E-state index contributed by atoms with van der Waals surface area (Å²) in [6.45, 7) is 0.343. The zero-order valence-corrected chi connectivity index (χ0v) is 18.8. The van der Waals surface area contributed by atoms with Crippen molar-refractivity contribution in [2.45, 2.75) is 43.2 Å². The highest BCUT2D eigenvalue weighted by Crippen LogP contribution is 2.26. The number of nitrogens with zero attached hydrogens (tertiary/aromatic N) is 2. The Morgan fingerprint density at radius 3 is 2.30 bits per heavy atom. The van der Waals surface area contributed by atoms with E-state index in [0.29, 0.717) is 37.9 Å². The number of carbonyl (C=O) groups excluding carboxylic acids is 1. The van der Waals surface area contributed by atoms with E-state index in [1.165, 1.54) is 12.1 Å². The third-order valence-corrected chi connectivity index (χ3v) is 7.37. The van der Waals surface area contributed by atoms with Gasteiger partial charge in [-0.15, -0.1) is 0 Å². The van der Waals surface area contributed by atoms with Gasteiger partial charge in [0.1, 0.15) is 5.82 Å². The van der Waals surface area contributed by atoms with Crippen LogP contribution in [0.15, 0.2) is 71.8 Å². The number of rotatable bonds is 7. The van der Waals surface area contributed by atoms with Gasteiger partial charge in [-0.1, -0.05) is 24.3 Å².